The van der Waals surface area contributed by atoms with E-state index in [9.17, 15) is 4.79 Å². The molecule has 0 atom stereocenters. The molecule has 88 valence electrons. The van der Waals surface area contributed by atoms with Gasteiger partial charge in [0.25, 0.3) is 0 Å². The first-order chi connectivity index (χ1) is 8.78. The largest absolute Gasteiger partial charge is 0.297 e. The first-order valence-corrected chi connectivity index (χ1v) is 6.38. The second-order valence-corrected chi connectivity index (χ2v) is 5.03. The number of benzene rings is 1. The summed E-state index contributed by atoms with van der Waals surface area (Å²) in [6.07, 6.45) is 0.858. The van der Waals surface area contributed by atoms with Crippen LogP contribution >= 0.6 is 11.3 Å². The molecule has 1 aromatic carbocycles. The number of aryl methyl sites for hydroxylation is 1. The number of nitrogens with zero attached hydrogens (tertiary/aromatic N) is 2. The molecule has 0 fully saturated rings. The molecule has 3 nitrogen and oxygen atoms in total. The number of carbonyl (C=O) groups is 1. The van der Waals surface area contributed by atoms with Gasteiger partial charge in [0.2, 0.25) is 0 Å². The summed E-state index contributed by atoms with van der Waals surface area (Å²) in [6.45, 7) is 1.87. The predicted molar refractivity (Wildman–Crippen MR) is 73.0 cm³/mol. The van der Waals surface area contributed by atoms with Crippen LogP contribution in [0.2, 0.25) is 0 Å². The van der Waals surface area contributed by atoms with Crippen molar-refractivity contribution in [2.75, 3.05) is 0 Å². The van der Waals surface area contributed by atoms with E-state index < -0.39 is 0 Å². The molecule has 3 rings (SSSR count). The van der Waals surface area contributed by atoms with Crippen LogP contribution in [0.5, 0.6) is 0 Å². The quantitative estimate of drug-likeness (QED) is 0.657. The van der Waals surface area contributed by atoms with Crippen molar-refractivity contribution in [2.24, 2.45) is 0 Å². The minimum Gasteiger partial charge on any atom is -0.297 e. The van der Waals surface area contributed by atoms with E-state index in [1.165, 1.54) is 11.3 Å². The molecule has 0 radical (unpaired) electrons. The van der Waals surface area contributed by atoms with Gasteiger partial charge in [-0.1, -0.05) is 30.3 Å². The van der Waals surface area contributed by atoms with Crippen molar-refractivity contribution in [1.82, 2.24) is 9.97 Å². The highest BCUT2D eigenvalue weighted by atomic mass is 32.1. The minimum atomic E-state index is 0.682. The SMILES string of the molecule is Cc1nc(-c2ccccc2)c2cc(C=O)sc2n1. The lowest BCUT2D eigenvalue weighted by Crippen LogP contribution is -1.91. The fourth-order valence-corrected chi connectivity index (χ4v) is 2.81. The summed E-state index contributed by atoms with van der Waals surface area (Å²) in [7, 11) is 0. The van der Waals surface area contributed by atoms with Crippen molar-refractivity contribution < 1.29 is 4.79 Å². The second kappa shape index (κ2) is 4.31. The van der Waals surface area contributed by atoms with Gasteiger partial charge in [0.1, 0.15) is 10.7 Å². The number of aldehydes is 1. The fourth-order valence-electron chi connectivity index (χ4n) is 1.92. The summed E-state index contributed by atoms with van der Waals surface area (Å²) in [5.74, 6) is 0.723. The third-order valence-corrected chi connectivity index (χ3v) is 3.64. The third-order valence-electron chi connectivity index (χ3n) is 2.69. The highest BCUT2D eigenvalue weighted by Gasteiger charge is 2.11. The summed E-state index contributed by atoms with van der Waals surface area (Å²) in [5.41, 5.74) is 1.94. The molecule has 2 heterocycles. The minimum absolute atomic E-state index is 0.682. The Labute approximate surface area is 108 Å². The highest BCUT2D eigenvalue weighted by molar-refractivity contribution is 7.20. The van der Waals surface area contributed by atoms with Crippen LogP contribution < -0.4 is 0 Å². The van der Waals surface area contributed by atoms with Gasteiger partial charge < -0.3 is 0 Å². The Morgan fingerprint density at radius 3 is 2.67 bits per heavy atom. The van der Waals surface area contributed by atoms with Crippen LogP contribution in [0.4, 0.5) is 0 Å². The zero-order valence-corrected chi connectivity index (χ0v) is 10.6. The Bertz CT molecular complexity index is 719. The second-order valence-electron chi connectivity index (χ2n) is 3.97. The zero-order valence-electron chi connectivity index (χ0n) is 9.75. The Balaban J connectivity index is 2.34. The third kappa shape index (κ3) is 1.80. The molecule has 0 spiro atoms. The van der Waals surface area contributed by atoms with Gasteiger partial charge in [0.05, 0.1) is 10.6 Å². The maximum absolute atomic E-state index is 10.9. The van der Waals surface area contributed by atoms with Gasteiger partial charge in [-0.25, -0.2) is 9.97 Å². The molecule has 0 amide bonds. The van der Waals surface area contributed by atoms with E-state index in [0.29, 0.717) is 4.88 Å². The van der Waals surface area contributed by atoms with Gasteiger partial charge in [-0.2, -0.15) is 0 Å². The van der Waals surface area contributed by atoms with Crippen LogP contribution in [0.15, 0.2) is 36.4 Å². The topological polar surface area (TPSA) is 42.9 Å². The maximum Gasteiger partial charge on any atom is 0.160 e. The number of aromatic nitrogens is 2. The molecule has 4 heteroatoms. The van der Waals surface area contributed by atoms with Crippen molar-refractivity contribution >= 4 is 27.8 Å². The molecule has 0 bridgehead atoms. The standard InChI is InChI=1S/C14H10N2OS/c1-9-15-13(10-5-3-2-4-6-10)12-7-11(8-17)18-14(12)16-9/h2-8H,1H3. The van der Waals surface area contributed by atoms with Gasteiger partial charge >= 0.3 is 0 Å². The molecule has 0 unspecified atom stereocenters. The van der Waals surface area contributed by atoms with Crippen molar-refractivity contribution in [3.8, 4) is 11.3 Å². The Morgan fingerprint density at radius 1 is 1.17 bits per heavy atom. The number of rotatable bonds is 2. The average Bonchev–Trinajstić information content (AvgIpc) is 2.81. The Kier molecular flexibility index (Phi) is 2.64. The molecule has 0 aliphatic heterocycles. The van der Waals surface area contributed by atoms with Crippen LogP contribution in [-0.2, 0) is 0 Å². The molecule has 2 aromatic heterocycles. The zero-order chi connectivity index (χ0) is 12.5. The van der Waals surface area contributed by atoms with E-state index in [-0.39, 0.29) is 0 Å². The molecule has 0 saturated heterocycles. The first kappa shape index (κ1) is 11.0. The van der Waals surface area contributed by atoms with E-state index >= 15 is 0 Å². The molecule has 0 aliphatic carbocycles. The van der Waals surface area contributed by atoms with Gasteiger partial charge in [-0.3, -0.25) is 4.79 Å². The van der Waals surface area contributed by atoms with Crippen molar-refractivity contribution in [1.29, 1.82) is 0 Å². The smallest absolute Gasteiger partial charge is 0.160 e. The number of hydrogen-bond donors (Lipinski definition) is 0. The van der Waals surface area contributed by atoms with Gasteiger partial charge in [-0.15, -0.1) is 11.3 Å². The van der Waals surface area contributed by atoms with E-state index in [1.54, 1.807) is 0 Å². The number of hydrogen-bond acceptors (Lipinski definition) is 4. The summed E-state index contributed by atoms with van der Waals surface area (Å²) in [6, 6.07) is 11.8. The Morgan fingerprint density at radius 2 is 1.94 bits per heavy atom. The van der Waals surface area contributed by atoms with Crippen molar-refractivity contribution in [3.05, 3.63) is 47.1 Å². The highest BCUT2D eigenvalue weighted by Crippen LogP contribution is 2.31. The van der Waals surface area contributed by atoms with E-state index in [1.807, 2.05) is 43.3 Å². The molecular weight excluding hydrogens is 244 g/mol. The predicted octanol–water partition coefficient (Wildman–Crippen LogP) is 3.48. The van der Waals surface area contributed by atoms with E-state index in [4.69, 9.17) is 0 Å². The van der Waals surface area contributed by atoms with Crippen LogP contribution in [0.25, 0.3) is 21.5 Å². The lowest BCUT2D eigenvalue weighted by molar-refractivity contribution is 0.112. The maximum atomic E-state index is 10.9. The van der Waals surface area contributed by atoms with Crippen molar-refractivity contribution in [3.63, 3.8) is 0 Å². The van der Waals surface area contributed by atoms with Gasteiger partial charge in [0.15, 0.2) is 6.29 Å². The van der Waals surface area contributed by atoms with Crippen LogP contribution in [0.3, 0.4) is 0 Å². The first-order valence-electron chi connectivity index (χ1n) is 5.57. The number of fused-ring (bicyclic) bond motifs is 1. The summed E-state index contributed by atoms with van der Waals surface area (Å²) in [4.78, 5) is 21.3. The van der Waals surface area contributed by atoms with E-state index in [2.05, 4.69) is 9.97 Å². The molecule has 3 aromatic rings. The lowest BCUT2D eigenvalue weighted by Gasteiger charge is -2.03. The van der Waals surface area contributed by atoms with Gasteiger partial charge in [-0.05, 0) is 13.0 Å². The van der Waals surface area contributed by atoms with Gasteiger partial charge in [0, 0.05) is 10.9 Å². The molecule has 0 aliphatic rings. The van der Waals surface area contributed by atoms with Crippen LogP contribution in [0, 0.1) is 6.92 Å². The monoisotopic (exact) mass is 254 g/mol. The fraction of sp³-hybridized carbons (Fsp3) is 0.0714. The normalized spacial score (nSPS) is 10.7. The average molecular weight is 254 g/mol. The summed E-state index contributed by atoms with van der Waals surface area (Å²) >= 11 is 1.40. The van der Waals surface area contributed by atoms with Crippen LogP contribution in [-0.4, -0.2) is 16.3 Å². The molecule has 18 heavy (non-hydrogen) atoms. The van der Waals surface area contributed by atoms with E-state index in [0.717, 1.165) is 33.6 Å². The van der Waals surface area contributed by atoms with Crippen LogP contribution in [0.1, 0.15) is 15.5 Å². The lowest BCUT2D eigenvalue weighted by atomic mass is 10.1. The molecule has 0 saturated carbocycles. The van der Waals surface area contributed by atoms with Crippen molar-refractivity contribution in [2.45, 2.75) is 6.92 Å². The Hall–Kier alpha value is -2.07. The summed E-state index contributed by atoms with van der Waals surface area (Å²) in [5, 5.41) is 0.943. The number of thiophene rings is 1. The summed E-state index contributed by atoms with van der Waals surface area (Å²) < 4.78 is 0. The molecule has 0 N–H and O–H groups in total. The number of carbonyl (C=O) groups excluding carboxylic acids is 1. The molecular formula is C14H10N2OS.